The van der Waals surface area contributed by atoms with Crippen LogP contribution in [0.3, 0.4) is 0 Å². The van der Waals surface area contributed by atoms with Crippen molar-refractivity contribution in [2.45, 2.75) is 11.3 Å². The van der Waals surface area contributed by atoms with E-state index in [0.29, 0.717) is 12.2 Å². The molecule has 1 aliphatic rings. The van der Waals surface area contributed by atoms with Crippen LogP contribution in [0.5, 0.6) is 0 Å². The summed E-state index contributed by atoms with van der Waals surface area (Å²) < 4.78 is 32.0. The first-order valence-corrected chi connectivity index (χ1v) is 8.70. The Labute approximate surface area is 130 Å². The summed E-state index contributed by atoms with van der Waals surface area (Å²) in [7, 11) is -3.54. The van der Waals surface area contributed by atoms with Gasteiger partial charge >= 0.3 is 0 Å². The molecule has 118 valence electrons. The summed E-state index contributed by atoms with van der Waals surface area (Å²) in [6.45, 7) is 4.54. The lowest BCUT2D eigenvalue weighted by molar-refractivity contribution is 0.0376. The van der Waals surface area contributed by atoms with Gasteiger partial charge in [-0.25, -0.2) is 13.1 Å². The highest BCUT2D eigenvalue weighted by Gasteiger charge is 2.15. The fourth-order valence-corrected chi connectivity index (χ4v) is 3.44. The summed E-state index contributed by atoms with van der Waals surface area (Å²) in [5.74, 6) is 0. The number of sulfonamides is 1. The number of ether oxygens (including phenoxy) is 1. The molecule has 0 radical (unpaired) electrons. The van der Waals surface area contributed by atoms with Crippen LogP contribution in [0.1, 0.15) is 6.42 Å². The number of anilines is 1. The quantitative estimate of drug-likeness (QED) is 0.597. The molecule has 2 rings (SSSR count). The van der Waals surface area contributed by atoms with Gasteiger partial charge in [0.25, 0.3) is 0 Å². The van der Waals surface area contributed by atoms with E-state index in [4.69, 9.17) is 22.1 Å². The van der Waals surface area contributed by atoms with Gasteiger partial charge in [0.1, 0.15) is 0 Å². The number of nitrogen functional groups attached to an aromatic ring is 1. The van der Waals surface area contributed by atoms with Gasteiger partial charge in [0.2, 0.25) is 10.0 Å². The molecule has 1 aromatic carbocycles. The Morgan fingerprint density at radius 3 is 2.71 bits per heavy atom. The van der Waals surface area contributed by atoms with Crippen LogP contribution in [-0.4, -0.2) is 52.7 Å². The number of benzene rings is 1. The Morgan fingerprint density at radius 2 is 2.05 bits per heavy atom. The second-order valence-corrected chi connectivity index (χ2v) is 7.06. The predicted molar refractivity (Wildman–Crippen MR) is 82.9 cm³/mol. The van der Waals surface area contributed by atoms with E-state index in [1.807, 2.05) is 0 Å². The van der Waals surface area contributed by atoms with Crippen molar-refractivity contribution in [1.29, 1.82) is 0 Å². The minimum absolute atomic E-state index is 0.132. The molecule has 0 aromatic heterocycles. The summed E-state index contributed by atoms with van der Waals surface area (Å²) in [6, 6.07) is 4.30. The number of hydrogen-bond donors (Lipinski definition) is 2. The van der Waals surface area contributed by atoms with E-state index in [-0.39, 0.29) is 9.92 Å². The van der Waals surface area contributed by atoms with Crippen molar-refractivity contribution in [3.8, 4) is 0 Å². The van der Waals surface area contributed by atoms with Gasteiger partial charge in [0.15, 0.2) is 0 Å². The van der Waals surface area contributed by atoms with Gasteiger partial charge in [-0.3, -0.25) is 4.90 Å². The van der Waals surface area contributed by atoms with Crippen LogP contribution >= 0.6 is 11.6 Å². The van der Waals surface area contributed by atoms with Gasteiger partial charge in [-0.15, -0.1) is 0 Å². The fraction of sp³-hybridized carbons (Fsp3) is 0.538. The van der Waals surface area contributed by atoms with Crippen LogP contribution in [-0.2, 0) is 14.8 Å². The van der Waals surface area contributed by atoms with Crippen LogP contribution < -0.4 is 10.5 Å². The van der Waals surface area contributed by atoms with Crippen molar-refractivity contribution in [1.82, 2.24) is 9.62 Å². The number of morpholine rings is 1. The van der Waals surface area contributed by atoms with Crippen LogP contribution in [0.25, 0.3) is 0 Å². The number of rotatable bonds is 6. The molecule has 0 aliphatic carbocycles. The topological polar surface area (TPSA) is 84.7 Å². The Hall–Kier alpha value is -0.860. The zero-order valence-corrected chi connectivity index (χ0v) is 13.3. The SMILES string of the molecule is Nc1ccc(S(=O)(=O)NCCCN2CCOCC2)cc1Cl. The van der Waals surface area contributed by atoms with Crippen LogP contribution in [0.2, 0.25) is 5.02 Å². The molecule has 0 spiro atoms. The molecule has 1 fully saturated rings. The molecule has 8 heteroatoms. The highest BCUT2D eigenvalue weighted by atomic mass is 35.5. The molecular weight excluding hydrogens is 314 g/mol. The largest absolute Gasteiger partial charge is 0.398 e. The molecule has 0 saturated carbocycles. The van der Waals surface area contributed by atoms with E-state index < -0.39 is 10.0 Å². The highest BCUT2D eigenvalue weighted by molar-refractivity contribution is 7.89. The third-order valence-corrected chi connectivity index (χ3v) is 5.12. The molecule has 0 unspecified atom stereocenters. The third-order valence-electron chi connectivity index (χ3n) is 3.33. The number of nitrogens with two attached hydrogens (primary N) is 1. The zero-order valence-electron chi connectivity index (χ0n) is 11.7. The average molecular weight is 334 g/mol. The Kier molecular flexibility index (Phi) is 5.83. The van der Waals surface area contributed by atoms with Crippen LogP contribution in [0, 0.1) is 0 Å². The molecule has 21 heavy (non-hydrogen) atoms. The average Bonchev–Trinajstić information content (AvgIpc) is 2.47. The second-order valence-electron chi connectivity index (χ2n) is 4.89. The standard InChI is InChI=1S/C13H20ClN3O3S/c14-12-10-11(2-3-13(12)15)21(18,19)16-4-1-5-17-6-8-20-9-7-17/h2-3,10,16H,1,4-9,15H2. The maximum absolute atomic E-state index is 12.1. The lowest BCUT2D eigenvalue weighted by Crippen LogP contribution is -2.38. The number of nitrogens with zero attached hydrogens (tertiary/aromatic N) is 1. The molecule has 1 saturated heterocycles. The minimum Gasteiger partial charge on any atom is -0.398 e. The second kappa shape index (κ2) is 7.42. The van der Waals surface area contributed by atoms with Crippen molar-refractivity contribution < 1.29 is 13.2 Å². The van der Waals surface area contributed by atoms with Gasteiger partial charge in [0.05, 0.1) is 28.8 Å². The third kappa shape index (κ3) is 4.82. The van der Waals surface area contributed by atoms with E-state index in [0.717, 1.165) is 39.3 Å². The summed E-state index contributed by atoms with van der Waals surface area (Å²) in [6.07, 6.45) is 0.752. The number of nitrogens with one attached hydrogen (secondary N) is 1. The van der Waals surface area contributed by atoms with Crippen LogP contribution in [0.4, 0.5) is 5.69 Å². The summed E-state index contributed by atoms with van der Waals surface area (Å²) in [5.41, 5.74) is 5.94. The molecule has 1 aromatic rings. The molecule has 0 amide bonds. The van der Waals surface area contributed by atoms with Gasteiger partial charge in [-0.1, -0.05) is 11.6 Å². The highest BCUT2D eigenvalue weighted by Crippen LogP contribution is 2.22. The van der Waals surface area contributed by atoms with Gasteiger partial charge in [-0.05, 0) is 31.2 Å². The lowest BCUT2D eigenvalue weighted by atomic mass is 10.3. The molecule has 0 atom stereocenters. The summed E-state index contributed by atoms with van der Waals surface area (Å²) in [5, 5.41) is 0.242. The Balaban J connectivity index is 1.82. The molecule has 3 N–H and O–H groups in total. The fourth-order valence-electron chi connectivity index (χ4n) is 2.09. The minimum atomic E-state index is -3.54. The monoisotopic (exact) mass is 333 g/mol. The normalized spacial score (nSPS) is 17.0. The van der Waals surface area contributed by atoms with E-state index in [1.54, 1.807) is 0 Å². The van der Waals surface area contributed by atoms with Gasteiger partial charge in [0, 0.05) is 19.6 Å². The van der Waals surface area contributed by atoms with Crippen molar-refractivity contribution >= 4 is 27.3 Å². The maximum atomic E-state index is 12.1. The number of halogens is 1. The molecular formula is C13H20ClN3O3S. The first-order valence-electron chi connectivity index (χ1n) is 6.84. The van der Waals surface area contributed by atoms with Crippen molar-refractivity contribution in [2.75, 3.05) is 45.1 Å². The lowest BCUT2D eigenvalue weighted by Gasteiger charge is -2.26. The Morgan fingerprint density at radius 1 is 1.33 bits per heavy atom. The molecule has 6 nitrogen and oxygen atoms in total. The maximum Gasteiger partial charge on any atom is 0.240 e. The first-order chi connectivity index (χ1) is 9.99. The van der Waals surface area contributed by atoms with Crippen molar-refractivity contribution in [3.05, 3.63) is 23.2 Å². The zero-order chi connectivity index (χ0) is 15.3. The Bertz CT molecular complexity index is 574. The summed E-state index contributed by atoms with van der Waals surface area (Å²) >= 11 is 5.85. The van der Waals surface area contributed by atoms with E-state index >= 15 is 0 Å². The van der Waals surface area contributed by atoms with Gasteiger partial charge in [-0.2, -0.15) is 0 Å². The smallest absolute Gasteiger partial charge is 0.240 e. The molecule has 1 aliphatic heterocycles. The number of hydrogen-bond acceptors (Lipinski definition) is 5. The molecule has 1 heterocycles. The van der Waals surface area contributed by atoms with E-state index in [9.17, 15) is 8.42 Å². The van der Waals surface area contributed by atoms with E-state index in [2.05, 4.69) is 9.62 Å². The molecule has 0 bridgehead atoms. The van der Waals surface area contributed by atoms with Crippen LogP contribution in [0.15, 0.2) is 23.1 Å². The van der Waals surface area contributed by atoms with E-state index in [1.165, 1.54) is 18.2 Å². The van der Waals surface area contributed by atoms with Crippen molar-refractivity contribution in [3.63, 3.8) is 0 Å². The summed E-state index contributed by atoms with van der Waals surface area (Å²) in [4.78, 5) is 2.39. The predicted octanol–water partition coefficient (Wildman–Crippen LogP) is 0.923. The van der Waals surface area contributed by atoms with Crippen molar-refractivity contribution in [2.24, 2.45) is 0 Å². The first kappa shape index (κ1) is 16.5. The van der Waals surface area contributed by atoms with Gasteiger partial charge < -0.3 is 10.5 Å².